The van der Waals surface area contributed by atoms with Crippen LogP contribution in [0.15, 0.2) is 35.5 Å². The van der Waals surface area contributed by atoms with E-state index in [4.69, 9.17) is 4.98 Å². The summed E-state index contributed by atoms with van der Waals surface area (Å²) in [7, 11) is 4.03. The minimum absolute atomic E-state index is 0.0551. The fourth-order valence-corrected chi connectivity index (χ4v) is 5.50. The zero-order valence-electron chi connectivity index (χ0n) is 19.0. The summed E-state index contributed by atoms with van der Waals surface area (Å²) < 4.78 is 2.82. The van der Waals surface area contributed by atoms with Crippen molar-refractivity contribution in [1.82, 2.24) is 29.2 Å². The van der Waals surface area contributed by atoms with Crippen molar-refractivity contribution >= 4 is 39.1 Å². The first-order chi connectivity index (χ1) is 15.8. The number of carbonyl (C=O) groups is 1. The lowest BCUT2D eigenvalue weighted by molar-refractivity contribution is 0.0243. The second kappa shape index (κ2) is 7.39. The van der Waals surface area contributed by atoms with Crippen LogP contribution in [0.5, 0.6) is 0 Å². The van der Waals surface area contributed by atoms with E-state index in [-0.39, 0.29) is 17.6 Å². The van der Waals surface area contributed by atoms with Crippen LogP contribution < -0.4 is 10.2 Å². The van der Waals surface area contributed by atoms with E-state index in [1.54, 1.807) is 0 Å². The largest absolute Gasteiger partial charge is 0.362 e. The van der Waals surface area contributed by atoms with Crippen LogP contribution in [0, 0.1) is 0 Å². The molecule has 3 aromatic rings. The number of likely N-dealkylation sites (N-methyl/N-ethyl adjacent to an activating group) is 2. The standard InChI is InChI=1S/C23H27BrN8O/c1-14(27-20-7-19(24)25-13-26-20)17-9-31-8-16(15-4-5-15)6-18(21(31)28-17)32-12-23(10-29(2)11-23)30(3)22(32)33/h6-9,13-15H,4-5,10-12H2,1-3H3,(H,25,26,27)/t14-/m0/s1. The quantitative estimate of drug-likeness (QED) is 0.529. The van der Waals surface area contributed by atoms with Crippen molar-refractivity contribution in [2.45, 2.75) is 37.3 Å². The first-order valence-electron chi connectivity index (χ1n) is 11.3. The van der Waals surface area contributed by atoms with Gasteiger partial charge in [-0.05, 0) is 60.3 Å². The Balaban J connectivity index is 1.38. The van der Waals surface area contributed by atoms with E-state index in [0.717, 1.165) is 40.5 Å². The monoisotopic (exact) mass is 510 g/mol. The molecule has 9 nitrogen and oxygen atoms in total. The van der Waals surface area contributed by atoms with Crippen molar-refractivity contribution in [2.24, 2.45) is 0 Å². The summed E-state index contributed by atoms with van der Waals surface area (Å²) in [6.07, 6.45) is 8.17. The molecule has 2 saturated heterocycles. The summed E-state index contributed by atoms with van der Waals surface area (Å²) in [4.78, 5) is 32.8. The van der Waals surface area contributed by atoms with Crippen LogP contribution in [-0.4, -0.2) is 74.5 Å². The maximum atomic E-state index is 13.3. The lowest BCUT2D eigenvalue weighted by Gasteiger charge is -2.49. The summed E-state index contributed by atoms with van der Waals surface area (Å²) in [5, 5.41) is 3.40. The Kier molecular flexibility index (Phi) is 4.67. The number of nitrogens with zero attached hydrogens (tertiary/aromatic N) is 7. The smallest absolute Gasteiger partial charge is 0.325 e. The van der Waals surface area contributed by atoms with Gasteiger partial charge in [0.05, 0.1) is 29.5 Å². The number of urea groups is 1. The molecule has 33 heavy (non-hydrogen) atoms. The van der Waals surface area contributed by atoms with Gasteiger partial charge in [0.15, 0.2) is 5.65 Å². The maximum Gasteiger partial charge on any atom is 0.325 e. The van der Waals surface area contributed by atoms with Crippen LogP contribution in [0.25, 0.3) is 5.65 Å². The zero-order chi connectivity index (χ0) is 22.9. The van der Waals surface area contributed by atoms with Gasteiger partial charge in [-0.15, -0.1) is 0 Å². The molecule has 6 rings (SSSR count). The predicted molar refractivity (Wildman–Crippen MR) is 130 cm³/mol. The third-order valence-electron chi connectivity index (χ3n) is 7.16. The second-order valence-corrected chi connectivity index (χ2v) is 10.6. The van der Waals surface area contributed by atoms with E-state index in [0.29, 0.717) is 12.5 Å². The highest BCUT2D eigenvalue weighted by Crippen LogP contribution is 2.43. The van der Waals surface area contributed by atoms with Crippen LogP contribution >= 0.6 is 15.9 Å². The average molecular weight is 511 g/mol. The molecule has 5 heterocycles. The Bertz CT molecular complexity index is 1250. The number of hydrogen-bond donors (Lipinski definition) is 1. The number of rotatable bonds is 5. The molecule has 2 amide bonds. The third kappa shape index (κ3) is 3.47. The Morgan fingerprint density at radius 1 is 1.15 bits per heavy atom. The number of hydrogen-bond acceptors (Lipinski definition) is 6. The van der Waals surface area contributed by atoms with Gasteiger partial charge in [-0.2, -0.15) is 0 Å². The summed E-state index contributed by atoms with van der Waals surface area (Å²) in [6, 6.07) is 4.03. The van der Waals surface area contributed by atoms with Crippen LogP contribution in [0.4, 0.5) is 16.3 Å². The third-order valence-corrected chi connectivity index (χ3v) is 7.60. The van der Waals surface area contributed by atoms with Crippen molar-refractivity contribution in [3.05, 3.63) is 46.7 Å². The van der Waals surface area contributed by atoms with Crippen LogP contribution in [0.3, 0.4) is 0 Å². The Hall–Kier alpha value is -2.72. The Morgan fingerprint density at radius 2 is 1.94 bits per heavy atom. The second-order valence-electron chi connectivity index (χ2n) is 9.75. The molecule has 0 unspecified atom stereocenters. The molecule has 1 spiro atoms. The molecule has 3 fully saturated rings. The number of carbonyl (C=O) groups excluding carboxylic acids is 1. The number of fused-ring (bicyclic) bond motifs is 1. The highest BCUT2D eigenvalue weighted by atomic mass is 79.9. The molecule has 1 atom stereocenters. The Morgan fingerprint density at radius 3 is 2.64 bits per heavy atom. The molecule has 2 aliphatic heterocycles. The van der Waals surface area contributed by atoms with Gasteiger partial charge < -0.3 is 19.5 Å². The van der Waals surface area contributed by atoms with Gasteiger partial charge in [0.2, 0.25) is 0 Å². The molecular formula is C23H27BrN8O. The first-order valence-corrected chi connectivity index (χ1v) is 12.1. The highest BCUT2D eigenvalue weighted by molar-refractivity contribution is 9.10. The van der Waals surface area contributed by atoms with Crippen molar-refractivity contribution in [3.63, 3.8) is 0 Å². The number of imidazole rings is 1. The van der Waals surface area contributed by atoms with Gasteiger partial charge in [0.25, 0.3) is 0 Å². The molecule has 3 aromatic heterocycles. The van der Waals surface area contributed by atoms with E-state index in [9.17, 15) is 4.79 Å². The zero-order valence-corrected chi connectivity index (χ0v) is 20.6. The van der Waals surface area contributed by atoms with Gasteiger partial charge in [-0.25, -0.2) is 19.7 Å². The highest BCUT2D eigenvalue weighted by Gasteiger charge is 2.54. The fourth-order valence-electron chi connectivity index (χ4n) is 5.19. The normalized spacial score (nSPS) is 21.2. The lowest BCUT2D eigenvalue weighted by atomic mass is 9.90. The topological polar surface area (TPSA) is 81.9 Å². The molecule has 10 heteroatoms. The number of anilines is 2. The van der Waals surface area contributed by atoms with E-state index >= 15 is 0 Å². The van der Waals surface area contributed by atoms with E-state index in [1.165, 1.54) is 24.7 Å². The summed E-state index contributed by atoms with van der Waals surface area (Å²) >= 11 is 3.39. The Labute approximate surface area is 200 Å². The molecule has 1 aliphatic carbocycles. The fraction of sp³-hybridized carbons (Fsp3) is 0.478. The molecule has 0 aromatic carbocycles. The van der Waals surface area contributed by atoms with E-state index in [2.05, 4.69) is 72.9 Å². The molecule has 0 bridgehead atoms. The van der Waals surface area contributed by atoms with E-state index in [1.807, 2.05) is 22.9 Å². The van der Waals surface area contributed by atoms with Crippen molar-refractivity contribution < 1.29 is 4.79 Å². The number of aromatic nitrogens is 4. The van der Waals surface area contributed by atoms with Gasteiger partial charge in [-0.1, -0.05) is 0 Å². The minimum atomic E-state index is -0.108. The molecule has 3 aliphatic rings. The number of nitrogens with one attached hydrogen (secondary N) is 1. The SMILES string of the molecule is C[C@H](Nc1cc(Br)ncn1)c1cn2cc(C3CC3)cc(N3CC4(CN(C)C4)N(C)C3=O)c2n1. The lowest BCUT2D eigenvalue weighted by Crippen LogP contribution is -2.67. The van der Waals surface area contributed by atoms with Crippen molar-refractivity contribution in [1.29, 1.82) is 0 Å². The number of amides is 2. The van der Waals surface area contributed by atoms with Gasteiger partial charge in [0.1, 0.15) is 16.7 Å². The van der Waals surface area contributed by atoms with Crippen LogP contribution in [-0.2, 0) is 0 Å². The summed E-state index contributed by atoms with van der Waals surface area (Å²) in [5.41, 5.74) is 3.80. The first kappa shape index (κ1) is 20.9. The van der Waals surface area contributed by atoms with Gasteiger partial charge in [0, 0.05) is 38.6 Å². The average Bonchev–Trinajstić information content (AvgIpc) is 3.47. The van der Waals surface area contributed by atoms with Gasteiger partial charge in [-0.3, -0.25) is 4.90 Å². The maximum absolute atomic E-state index is 13.3. The molecule has 0 radical (unpaired) electrons. The van der Waals surface area contributed by atoms with E-state index < -0.39 is 0 Å². The predicted octanol–water partition coefficient (Wildman–Crippen LogP) is 3.49. The summed E-state index contributed by atoms with van der Waals surface area (Å²) in [6.45, 7) is 4.56. The molecule has 1 N–H and O–H groups in total. The number of pyridine rings is 1. The molecular weight excluding hydrogens is 484 g/mol. The number of likely N-dealkylation sites (tertiary alicyclic amines) is 1. The van der Waals surface area contributed by atoms with Crippen molar-refractivity contribution in [2.75, 3.05) is 43.9 Å². The van der Waals surface area contributed by atoms with Crippen LogP contribution in [0.1, 0.15) is 43.0 Å². The molecule has 172 valence electrons. The van der Waals surface area contributed by atoms with Crippen molar-refractivity contribution in [3.8, 4) is 0 Å². The molecule has 1 saturated carbocycles. The summed E-state index contributed by atoms with van der Waals surface area (Å²) in [5.74, 6) is 1.31. The number of halogens is 1. The van der Waals surface area contributed by atoms with Gasteiger partial charge >= 0.3 is 6.03 Å². The van der Waals surface area contributed by atoms with Crippen LogP contribution in [0.2, 0.25) is 0 Å². The minimum Gasteiger partial charge on any atom is -0.362 e.